The summed E-state index contributed by atoms with van der Waals surface area (Å²) in [4.78, 5) is 33.0. The van der Waals surface area contributed by atoms with Crippen LogP contribution in [0.5, 0.6) is 0 Å². The van der Waals surface area contributed by atoms with Gasteiger partial charge in [-0.2, -0.15) is 0 Å². The van der Waals surface area contributed by atoms with Crippen LogP contribution in [0.25, 0.3) is 11.0 Å². The topological polar surface area (TPSA) is 104 Å². The molecular formula is C17H23N5O2. The van der Waals surface area contributed by atoms with E-state index in [2.05, 4.69) is 39.2 Å². The number of carbonyl (C=O) groups excluding carboxylic acids is 2. The Bertz CT molecular complexity index is 747. The summed E-state index contributed by atoms with van der Waals surface area (Å²) in [5, 5.41) is 2.59. The first-order chi connectivity index (χ1) is 11.5. The number of likely N-dealkylation sites (tertiary alicyclic amines) is 1. The Morgan fingerprint density at radius 2 is 2.12 bits per heavy atom. The minimum atomic E-state index is -0.513. The molecule has 1 aliphatic heterocycles. The van der Waals surface area contributed by atoms with E-state index >= 15 is 0 Å². The van der Waals surface area contributed by atoms with Crippen LogP contribution in [0.15, 0.2) is 18.2 Å². The van der Waals surface area contributed by atoms with Gasteiger partial charge in [0.1, 0.15) is 5.82 Å². The fourth-order valence-corrected chi connectivity index (χ4v) is 3.13. The van der Waals surface area contributed by atoms with Gasteiger partial charge in [-0.3, -0.25) is 14.5 Å². The van der Waals surface area contributed by atoms with Gasteiger partial charge in [0.2, 0.25) is 11.8 Å². The molecule has 7 heteroatoms. The van der Waals surface area contributed by atoms with Crippen LogP contribution in [-0.2, 0) is 16.1 Å². The van der Waals surface area contributed by atoms with Gasteiger partial charge < -0.3 is 16.0 Å². The summed E-state index contributed by atoms with van der Waals surface area (Å²) in [5.74, 6) is 0.319. The fourth-order valence-electron chi connectivity index (χ4n) is 3.13. The quantitative estimate of drug-likeness (QED) is 0.750. The van der Waals surface area contributed by atoms with E-state index in [-0.39, 0.29) is 18.4 Å². The van der Waals surface area contributed by atoms with E-state index in [9.17, 15) is 9.59 Å². The number of nitrogens with zero attached hydrogens (tertiary/aromatic N) is 2. The number of imidazole rings is 1. The molecule has 1 aromatic carbocycles. The minimum absolute atomic E-state index is 0.0427. The number of fused-ring (bicyclic) bond motifs is 1. The third-order valence-electron chi connectivity index (χ3n) is 4.46. The number of piperidine rings is 1. The molecule has 2 aromatic rings. The van der Waals surface area contributed by atoms with E-state index < -0.39 is 5.91 Å². The maximum Gasteiger partial charge on any atom is 0.236 e. The zero-order valence-electron chi connectivity index (χ0n) is 13.8. The van der Waals surface area contributed by atoms with Crippen LogP contribution in [0, 0.1) is 12.8 Å². The maximum absolute atomic E-state index is 12.0. The van der Waals surface area contributed by atoms with Crippen molar-refractivity contribution in [3.63, 3.8) is 0 Å². The number of nitrogens with two attached hydrogens (primary N) is 1. The third-order valence-corrected chi connectivity index (χ3v) is 4.46. The van der Waals surface area contributed by atoms with Crippen molar-refractivity contribution in [2.45, 2.75) is 26.3 Å². The fraction of sp³-hybridized carbons (Fsp3) is 0.471. The first-order valence-electron chi connectivity index (χ1n) is 8.25. The standard InChI is InChI=1S/C17H23N5O2/c1-11-2-3-13-14(8-11)21-16(20-13)10-22-6-4-12(5-7-22)17(24)19-9-15(18)23/h2-3,8,12H,4-7,9-10H2,1H3,(H2,18,23)(H,19,24)(H,20,21). The van der Waals surface area contributed by atoms with Gasteiger partial charge in [-0.1, -0.05) is 6.07 Å². The summed E-state index contributed by atoms with van der Waals surface area (Å²) in [7, 11) is 0. The highest BCUT2D eigenvalue weighted by Crippen LogP contribution is 2.20. The number of rotatable bonds is 5. The van der Waals surface area contributed by atoms with E-state index in [4.69, 9.17) is 5.73 Å². The summed E-state index contributed by atoms with van der Waals surface area (Å²) in [5.41, 5.74) is 8.30. The molecule has 1 aliphatic rings. The Labute approximate surface area is 140 Å². The van der Waals surface area contributed by atoms with Gasteiger partial charge >= 0.3 is 0 Å². The Hall–Kier alpha value is -2.41. The smallest absolute Gasteiger partial charge is 0.236 e. The second-order valence-electron chi connectivity index (χ2n) is 6.44. The van der Waals surface area contributed by atoms with Crippen molar-refractivity contribution in [1.82, 2.24) is 20.2 Å². The van der Waals surface area contributed by atoms with Crippen LogP contribution in [0.3, 0.4) is 0 Å². The first kappa shape index (κ1) is 16.4. The minimum Gasteiger partial charge on any atom is -0.368 e. The van der Waals surface area contributed by atoms with Crippen LogP contribution >= 0.6 is 0 Å². The molecule has 0 spiro atoms. The number of nitrogens with one attached hydrogen (secondary N) is 2. The number of aryl methyl sites for hydroxylation is 1. The number of carbonyl (C=O) groups is 2. The van der Waals surface area contributed by atoms with Crippen LogP contribution < -0.4 is 11.1 Å². The summed E-state index contributed by atoms with van der Waals surface area (Å²) >= 11 is 0. The Balaban J connectivity index is 1.53. The Morgan fingerprint density at radius 1 is 1.38 bits per heavy atom. The van der Waals surface area contributed by atoms with E-state index in [1.165, 1.54) is 5.56 Å². The second-order valence-corrected chi connectivity index (χ2v) is 6.44. The van der Waals surface area contributed by atoms with E-state index in [1.807, 2.05) is 6.07 Å². The van der Waals surface area contributed by atoms with Crippen LogP contribution in [0.4, 0.5) is 0 Å². The molecule has 0 aliphatic carbocycles. The predicted molar refractivity (Wildman–Crippen MR) is 91.0 cm³/mol. The highest BCUT2D eigenvalue weighted by molar-refractivity contribution is 5.85. The molecule has 1 saturated heterocycles. The third kappa shape index (κ3) is 3.91. The second kappa shape index (κ2) is 7.00. The molecule has 3 rings (SSSR count). The molecule has 1 aromatic heterocycles. The molecule has 4 N–H and O–H groups in total. The number of aromatic amines is 1. The van der Waals surface area contributed by atoms with Crippen LogP contribution in [0.1, 0.15) is 24.2 Å². The van der Waals surface area contributed by atoms with Gasteiger partial charge in [-0.15, -0.1) is 0 Å². The Morgan fingerprint density at radius 3 is 2.83 bits per heavy atom. The molecule has 2 amide bonds. The molecule has 2 heterocycles. The van der Waals surface area contributed by atoms with Crippen molar-refractivity contribution in [2.75, 3.05) is 19.6 Å². The van der Waals surface area contributed by atoms with Gasteiger partial charge in [-0.05, 0) is 50.6 Å². The van der Waals surface area contributed by atoms with Gasteiger partial charge in [0, 0.05) is 5.92 Å². The van der Waals surface area contributed by atoms with Crippen molar-refractivity contribution in [3.8, 4) is 0 Å². The van der Waals surface area contributed by atoms with Crippen molar-refractivity contribution in [3.05, 3.63) is 29.6 Å². The monoisotopic (exact) mass is 329 g/mol. The van der Waals surface area contributed by atoms with E-state index in [0.717, 1.165) is 49.3 Å². The molecule has 128 valence electrons. The average Bonchev–Trinajstić information content (AvgIpc) is 2.94. The van der Waals surface area contributed by atoms with Gasteiger partial charge in [0.25, 0.3) is 0 Å². The van der Waals surface area contributed by atoms with Crippen molar-refractivity contribution < 1.29 is 9.59 Å². The summed E-state index contributed by atoms with van der Waals surface area (Å²) in [6.07, 6.45) is 1.56. The number of amides is 2. The largest absolute Gasteiger partial charge is 0.368 e. The number of H-pyrrole nitrogens is 1. The highest BCUT2D eigenvalue weighted by atomic mass is 16.2. The predicted octanol–water partition coefficient (Wildman–Crippen LogP) is 0.685. The molecule has 7 nitrogen and oxygen atoms in total. The lowest BCUT2D eigenvalue weighted by molar-refractivity contribution is -0.128. The van der Waals surface area contributed by atoms with Gasteiger partial charge in [0.05, 0.1) is 24.1 Å². The number of benzene rings is 1. The number of primary amides is 1. The normalized spacial score (nSPS) is 16.4. The average molecular weight is 329 g/mol. The lowest BCUT2D eigenvalue weighted by Gasteiger charge is -2.30. The SMILES string of the molecule is Cc1ccc2nc(CN3CCC(C(=O)NCC(N)=O)CC3)[nH]c2c1. The van der Waals surface area contributed by atoms with Gasteiger partial charge in [-0.25, -0.2) is 4.98 Å². The molecule has 0 atom stereocenters. The highest BCUT2D eigenvalue weighted by Gasteiger charge is 2.25. The van der Waals surface area contributed by atoms with Crippen molar-refractivity contribution in [2.24, 2.45) is 11.7 Å². The zero-order chi connectivity index (χ0) is 17.1. The number of aromatic nitrogens is 2. The molecule has 1 fully saturated rings. The lowest BCUT2D eigenvalue weighted by Crippen LogP contribution is -2.42. The number of hydrogen-bond donors (Lipinski definition) is 3. The molecular weight excluding hydrogens is 306 g/mol. The Kier molecular flexibility index (Phi) is 4.80. The van der Waals surface area contributed by atoms with E-state index in [0.29, 0.717) is 0 Å². The number of hydrogen-bond acceptors (Lipinski definition) is 4. The van der Waals surface area contributed by atoms with Crippen LogP contribution in [0.2, 0.25) is 0 Å². The van der Waals surface area contributed by atoms with E-state index in [1.54, 1.807) is 0 Å². The summed E-state index contributed by atoms with van der Waals surface area (Å²) in [6.45, 7) is 4.41. The molecule has 0 radical (unpaired) electrons. The zero-order valence-corrected chi connectivity index (χ0v) is 13.8. The van der Waals surface area contributed by atoms with Gasteiger partial charge in [0.15, 0.2) is 0 Å². The van der Waals surface area contributed by atoms with Crippen molar-refractivity contribution >= 4 is 22.8 Å². The first-order valence-corrected chi connectivity index (χ1v) is 8.25. The summed E-state index contributed by atoms with van der Waals surface area (Å²) in [6, 6.07) is 6.18. The molecule has 24 heavy (non-hydrogen) atoms. The summed E-state index contributed by atoms with van der Waals surface area (Å²) < 4.78 is 0. The molecule has 0 unspecified atom stereocenters. The van der Waals surface area contributed by atoms with Crippen molar-refractivity contribution in [1.29, 1.82) is 0 Å². The molecule has 0 bridgehead atoms. The lowest BCUT2D eigenvalue weighted by atomic mass is 9.96. The van der Waals surface area contributed by atoms with Crippen LogP contribution in [-0.4, -0.2) is 46.3 Å². The molecule has 0 saturated carbocycles. The maximum atomic E-state index is 12.0.